The molecule has 0 N–H and O–H groups in total. The molecular weight excluding hydrogens is 208 g/mol. The van der Waals surface area contributed by atoms with E-state index in [2.05, 4.69) is 16.8 Å². The topological polar surface area (TPSA) is 6.48 Å². The molecule has 98 valence electrons. The number of piperidine rings is 2. The van der Waals surface area contributed by atoms with Gasteiger partial charge in [0.25, 0.3) is 0 Å². The van der Waals surface area contributed by atoms with Gasteiger partial charge in [0.1, 0.15) is 0 Å². The number of hydrogen-bond donors (Lipinski definition) is 0. The van der Waals surface area contributed by atoms with E-state index in [0.29, 0.717) is 0 Å². The van der Waals surface area contributed by atoms with Crippen LogP contribution in [0.25, 0.3) is 0 Å². The van der Waals surface area contributed by atoms with E-state index >= 15 is 0 Å². The van der Waals surface area contributed by atoms with Gasteiger partial charge in [0, 0.05) is 6.54 Å². The van der Waals surface area contributed by atoms with Crippen LogP contribution in [0.1, 0.15) is 44.9 Å². The highest BCUT2D eigenvalue weighted by Crippen LogP contribution is 2.52. The summed E-state index contributed by atoms with van der Waals surface area (Å²) in [5.74, 6) is 1.04. The Morgan fingerprint density at radius 1 is 0.941 bits per heavy atom. The Labute approximate surface area is 106 Å². The molecule has 0 bridgehead atoms. The maximum Gasteiger partial charge on any atom is 0.00101 e. The molecule has 0 aromatic rings. The van der Waals surface area contributed by atoms with Crippen LogP contribution in [-0.2, 0) is 0 Å². The standard InChI is InChI=1S/C15H28N2/c1-16-9-5-15(6-10-16)11-14(12-15)13-17-7-3-2-4-8-17/h14H,2-13H2,1H3. The van der Waals surface area contributed by atoms with Crippen molar-refractivity contribution in [3.05, 3.63) is 0 Å². The van der Waals surface area contributed by atoms with Crippen molar-refractivity contribution < 1.29 is 0 Å². The van der Waals surface area contributed by atoms with Gasteiger partial charge in [0.2, 0.25) is 0 Å². The summed E-state index contributed by atoms with van der Waals surface area (Å²) in [5.41, 5.74) is 0.785. The molecule has 1 aliphatic carbocycles. The molecular formula is C15H28N2. The predicted octanol–water partition coefficient (Wildman–Crippen LogP) is 2.59. The Kier molecular flexibility index (Phi) is 3.45. The zero-order chi connectivity index (χ0) is 11.7. The Bertz CT molecular complexity index is 242. The van der Waals surface area contributed by atoms with E-state index in [1.165, 1.54) is 77.7 Å². The fourth-order valence-corrected chi connectivity index (χ4v) is 4.30. The lowest BCUT2D eigenvalue weighted by atomic mass is 9.57. The fourth-order valence-electron chi connectivity index (χ4n) is 4.30. The van der Waals surface area contributed by atoms with Gasteiger partial charge in [-0.25, -0.2) is 0 Å². The maximum absolute atomic E-state index is 2.73. The Morgan fingerprint density at radius 2 is 1.59 bits per heavy atom. The van der Waals surface area contributed by atoms with E-state index in [-0.39, 0.29) is 0 Å². The molecule has 0 aromatic heterocycles. The van der Waals surface area contributed by atoms with Gasteiger partial charge in [0.05, 0.1) is 0 Å². The minimum Gasteiger partial charge on any atom is -0.306 e. The van der Waals surface area contributed by atoms with Crippen molar-refractivity contribution >= 4 is 0 Å². The first-order chi connectivity index (χ1) is 8.26. The summed E-state index contributed by atoms with van der Waals surface area (Å²) >= 11 is 0. The number of hydrogen-bond acceptors (Lipinski definition) is 2. The summed E-state index contributed by atoms with van der Waals surface area (Å²) in [7, 11) is 2.27. The summed E-state index contributed by atoms with van der Waals surface area (Å²) in [6, 6.07) is 0. The second kappa shape index (κ2) is 4.89. The van der Waals surface area contributed by atoms with Crippen molar-refractivity contribution in [2.45, 2.75) is 44.9 Å². The van der Waals surface area contributed by atoms with E-state index in [9.17, 15) is 0 Å². The minimum absolute atomic E-state index is 0.785. The molecule has 1 saturated carbocycles. The zero-order valence-corrected chi connectivity index (χ0v) is 11.5. The lowest BCUT2D eigenvalue weighted by molar-refractivity contribution is -0.0225. The average Bonchev–Trinajstić information content (AvgIpc) is 2.31. The summed E-state index contributed by atoms with van der Waals surface area (Å²) in [4.78, 5) is 5.24. The van der Waals surface area contributed by atoms with E-state index < -0.39 is 0 Å². The fraction of sp³-hybridized carbons (Fsp3) is 1.00. The van der Waals surface area contributed by atoms with Gasteiger partial charge in [-0.15, -0.1) is 0 Å². The minimum atomic E-state index is 0.785. The first-order valence-electron chi connectivity index (χ1n) is 7.67. The van der Waals surface area contributed by atoms with Crippen LogP contribution in [0, 0.1) is 11.3 Å². The predicted molar refractivity (Wildman–Crippen MR) is 72.2 cm³/mol. The van der Waals surface area contributed by atoms with Crippen LogP contribution >= 0.6 is 0 Å². The number of rotatable bonds is 2. The first kappa shape index (κ1) is 12.0. The molecule has 17 heavy (non-hydrogen) atoms. The number of likely N-dealkylation sites (tertiary alicyclic amines) is 2. The summed E-state index contributed by atoms with van der Waals surface area (Å²) < 4.78 is 0. The van der Waals surface area contributed by atoms with Crippen molar-refractivity contribution in [2.75, 3.05) is 39.8 Å². The molecule has 3 aliphatic rings. The molecule has 3 rings (SSSR count). The monoisotopic (exact) mass is 236 g/mol. The molecule has 2 aliphatic heterocycles. The van der Waals surface area contributed by atoms with Crippen LogP contribution < -0.4 is 0 Å². The third-order valence-electron chi connectivity index (χ3n) is 5.46. The van der Waals surface area contributed by atoms with Crippen LogP contribution in [0.5, 0.6) is 0 Å². The highest BCUT2D eigenvalue weighted by molar-refractivity contribution is 4.97. The van der Waals surface area contributed by atoms with Crippen molar-refractivity contribution in [2.24, 2.45) is 11.3 Å². The van der Waals surface area contributed by atoms with E-state index in [1.807, 2.05) is 0 Å². The Balaban J connectivity index is 1.41. The van der Waals surface area contributed by atoms with Gasteiger partial charge in [-0.05, 0) is 83.1 Å². The maximum atomic E-state index is 2.73. The van der Waals surface area contributed by atoms with E-state index in [0.717, 1.165) is 11.3 Å². The van der Waals surface area contributed by atoms with E-state index in [1.54, 1.807) is 0 Å². The number of nitrogens with zero attached hydrogens (tertiary/aromatic N) is 2. The third-order valence-corrected chi connectivity index (χ3v) is 5.46. The van der Waals surface area contributed by atoms with Crippen molar-refractivity contribution in [3.63, 3.8) is 0 Å². The second-order valence-electron chi connectivity index (χ2n) is 6.94. The van der Waals surface area contributed by atoms with Crippen LogP contribution in [0.2, 0.25) is 0 Å². The third kappa shape index (κ3) is 2.68. The molecule has 0 amide bonds. The molecule has 0 radical (unpaired) electrons. The Morgan fingerprint density at radius 3 is 2.24 bits per heavy atom. The lowest BCUT2D eigenvalue weighted by Crippen LogP contribution is -2.49. The van der Waals surface area contributed by atoms with Gasteiger partial charge < -0.3 is 9.80 Å². The van der Waals surface area contributed by atoms with Crippen LogP contribution in [0.15, 0.2) is 0 Å². The largest absolute Gasteiger partial charge is 0.306 e. The molecule has 2 saturated heterocycles. The normalized spacial score (nSPS) is 31.6. The molecule has 0 atom stereocenters. The molecule has 3 fully saturated rings. The van der Waals surface area contributed by atoms with Crippen molar-refractivity contribution in [3.8, 4) is 0 Å². The molecule has 2 heterocycles. The zero-order valence-electron chi connectivity index (χ0n) is 11.5. The quantitative estimate of drug-likeness (QED) is 0.727. The van der Waals surface area contributed by atoms with Gasteiger partial charge in [-0.2, -0.15) is 0 Å². The van der Waals surface area contributed by atoms with E-state index in [4.69, 9.17) is 0 Å². The van der Waals surface area contributed by atoms with Gasteiger partial charge in [-0.1, -0.05) is 6.42 Å². The first-order valence-corrected chi connectivity index (χ1v) is 7.67. The molecule has 0 aromatic carbocycles. The molecule has 0 unspecified atom stereocenters. The summed E-state index contributed by atoms with van der Waals surface area (Å²) in [5, 5.41) is 0. The van der Waals surface area contributed by atoms with Crippen LogP contribution in [-0.4, -0.2) is 49.6 Å². The molecule has 1 spiro atoms. The Hall–Kier alpha value is -0.0800. The van der Waals surface area contributed by atoms with Gasteiger partial charge in [-0.3, -0.25) is 0 Å². The highest BCUT2D eigenvalue weighted by atomic mass is 15.1. The van der Waals surface area contributed by atoms with Crippen molar-refractivity contribution in [1.82, 2.24) is 9.80 Å². The molecule has 2 heteroatoms. The highest BCUT2D eigenvalue weighted by Gasteiger charge is 2.45. The van der Waals surface area contributed by atoms with Crippen molar-refractivity contribution in [1.29, 1.82) is 0 Å². The second-order valence-corrected chi connectivity index (χ2v) is 6.94. The SMILES string of the molecule is CN1CCC2(CC1)CC(CN1CCCCC1)C2. The summed E-state index contributed by atoms with van der Waals surface area (Å²) in [6.07, 6.45) is 10.4. The summed E-state index contributed by atoms with van der Waals surface area (Å²) in [6.45, 7) is 6.86. The average molecular weight is 236 g/mol. The van der Waals surface area contributed by atoms with Crippen LogP contribution in [0.4, 0.5) is 0 Å². The molecule has 2 nitrogen and oxygen atoms in total. The van der Waals surface area contributed by atoms with Gasteiger partial charge in [0.15, 0.2) is 0 Å². The smallest absolute Gasteiger partial charge is 0.00101 e. The lowest BCUT2D eigenvalue weighted by Gasteiger charge is -2.53. The van der Waals surface area contributed by atoms with Gasteiger partial charge >= 0.3 is 0 Å². The van der Waals surface area contributed by atoms with Crippen LogP contribution in [0.3, 0.4) is 0 Å².